The Morgan fingerprint density at radius 1 is 1.00 bits per heavy atom. The molecule has 6 nitrogen and oxygen atoms in total. The summed E-state index contributed by atoms with van der Waals surface area (Å²) in [4.78, 5) is 23.8. The Morgan fingerprint density at radius 2 is 1.67 bits per heavy atom. The van der Waals surface area contributed by atoms with E-state index in [-0.39, 0.29) is 30.5 Å². The summed E-state index contributed by atoms with van der Waals surface area (Å²) in [6.45, 7) is 6.53. The Labute approximate surface area is 160 Å². The van der Waals surface area contributed by atoms with Crippen LogP contribution in [0, 0.1) is 5.92 Å². The van der Waals surface area contributed by atoms with E-state index in [1.165, 1.54) is 0 Å². The van der Waals surface area contributed by atoms with Crippen LogP contribution in [-0.2, 0) is 4.79 Å². The highest BCUT2D eigenvalue weighted by atomic mass is 16.5. The molecule has 144 valence electrons. The van der Waals surface area contributed by atoms with Gasteiger partial charge >= 0.3 is 6.03 Å². The molecule has 0 aromatic heterocycles. The van der Waals surface area contributed by atoms with Crippen molar-refractivity contribution in [3.8, 4) is 5.75 Å². The molecule has 27 heavy (non-hydrogen) atoms. The predicted octanol–water partition coefficient (Wildman–Crippen LogP) is 3.72. The van der Waals surface area contributed by atoms with Crippen LogP contribution in [0.1, 0.15) is 32.4 Å². The minimum absolute atomic E-state index is 0.0335. The van der Waals surface area contributed by atoms with Gasteiger partial charge in [-0.05, 0) is 42.7 Å². The number of nitrogens with one attached hydrogen (secondary N) is 3. The van der Waals surface area contributed by atoms with Crippen molar-refractivity contribution < 1.29 is 14.3 Å². The van der Waals surface area contributed by atoms with Crippen LogP contribution in [0.3, 0.4) is 0 Å². The van der Waals surface area contributed by atoms with Crippen LogP contribution in [0.5, 0.6) is 5.75 Å². The number of hydrogen-bond donors (Lipinski definition) is 3. The first-order valence-electron chi connectivity index (χ1n) is 9.11. The number of carbonyl (C=O) groups excluding carboxylic acids is 2. The van der Waals surface area contributed by atoms with Crippen LogP contribution in [-0.4, -0.2) is 25.1 Å². The summed E-state index contributed by atoms with van der Waals surface area (Å²) in [5.74, 6) is 0.652. The number of urea groups is 1. The maximum absolute atomic E-state index is 12.4. The van der Waals surface area contributed by atoms with Crippen molar-refractivity contribution in [1.29, 1.82) is 0 Å². The Morgan fingerprint density at radius 3 is 2.26 bits per heavy atom. The molecule has 0 heterocycles. The Balaban J connectivity index is 1.90. The number of ether oxygens (including phenoxy) is 1. The lowest BCUT2D eigenvalue weighted by molar-refractivity contribution is -0.122. The van der Waals surface area contributed by atoms with Gasteiger partial charge in [0, 0.05) is 12.2 Å². The normalized spacial score (nSPS) is 11.6. The fourth-order valence-corrected chi connectivity index (χ4v) is 2.64. The number of amides is 3. The summed E-state index contributed by atoms with van der Waals surface area (Å²) in [6.07, 6.45) is 0. The zero-order valence-corrected chi connectivity index (χ0v) is 16.0. The van der Waals surface area contributed by atoms with E-state index in [1.807, 2.05) is 37.3 Å². The van der Waals surface area contributed by atoms with Crippen molar-refractivity contribution in [3.05, 3.63) is 60.2 Å². The zero-order chi connectivity index (χ0) is 19.6. The molecule has 2 aromatic rings. The van der Waals surface area contributed by atoms with Crippen molar-refractivity contribution in [3.63, 3.8) is 0 Å². The topological polar surface area (TPSA) is 79.5 Å². The van der Waals surface area contributed by atoms with E-state index in [4.69, 9.17) is 4.74 Å². The monoisotopic (exact) mass is 369 g/mol. The van der Waals surface area contributed by atoms with Gasteiger partial charge in [-0.1, -0.05) is 44.2 Å². The average molecular weight is 369 g/mol. The van der Waals surface area contributed by atoms with Gasteiger partial charge in [0.2, 0.25) is 0 Å². The van der Waals surface area contributed by atoms with E-state index in [9.17, 15) is 9.59 Å². The highest BCUT2D eigenvalue weighted by Gasteiger charge is 2.18. The molecule has 1 atom stereocenters. The molecule has 0 fully saturated rings. The van der Waals surface area contributed by atoms with E-state index >= 15 is 0 Å². The Hall–Kier alpha value is -3.02. The van der Waals surface area contributed by atoms with Crippen molar-refractivity contribution in [1.82, 2.24) is 10.6 Å². The first kappa shape index (κ1) is 20.3. The average Bonchev–Trinajstić information content (AvgIpc) is 2.66. The molecular weight excluding hydrogens is 342 g/mol. The lowest BCUT2D eigenvalue weighted by atomic mass is 9.96. The Kier molecular flexibility index (Phi) is 7.67. The summed E-state index contributed by atoms with van der Waals surface area (Å²) >= 11 is 0. The van der Waals surface area contributed by atoms with E-state index in [2.05, 4.69) is 29.8 Å². The predicted molar refractivity (Wildman–Crippen MR) is 107 cm³/mol. The molecule has 0 aliphatic carbocycles. The Bertz CT molecular complexity index is 730. The van der Waals surface area contributed by atoms with E-state index in [1.54, 1.807) is 24.3 Å². The number of likely N-dealkylation sites (N-methyl/N-ethyl adjacent to an activating group) is 1. The van der Waals surface area contributed by atoms with Gasteiger partial charge in [-0.15, -0.1) is 0 Å². The summed E-state index contributed by atoms with van der Waals surface area (Å²) in [7, 11) is 0. The number of hydrogen-bond acceptors (Lipinski definition) is 3. The molecule has 0 saturated carbocycles. The molecule has 0 aliphatic heterocycles. The van der Waals surface area contributed by atoms with Crippen LogP contribution in [0.15, 0.2) is 54.6 Å². The molecule has 2 rings (SSSR count). The second-order valence-electron chi connectivity index (χ2n) is 6.50. The van der Waals surface area contributed by atoms with Gasteiger partial charge < -0.3 is 20.7 Å². The van der Waals surface area contributed by atoms with Crippen LogP contribution in [0.25, 0.3) is 0 Å². The first-order valence-corrected chi connectivity index (χ1v) is 9.11. The molecule has 3 N–H and O–H groups in total. The summed E-state index contributed by atoms with van der Waals surface area (Å²) < 4.78 is 5.39. The summed E-state index contributed by atoms with van der Waals surface area (Å²) in [5, 5.41) is 8.50. The number of rotatable bonds is 8. The smallest absolute Gasteiger partial charge is 0.319 e. The van der Waals surface area contributed by atoms with Gasteiger partial charge in [-0.2, -0.15) is 0 Å². The highest BCUT2D eigenvalue weighted by molar-refractivity contribution is 5.89. The van der Waals surface area contributed by atoms with Gasteiger partial charge in [0.15, 0.2) is 6.61 Å². The summed E-state index contributed by atoms with van der Waals surface area (Å²) in [6, 6.07) is 16.4. The molecule has 0 radical (unpaired) electrons. The maximum Gasteiger partial charge on any atom is 0.319 e. The summed E-state index contributed by atoms with van der Waals surface area (Å²) in [5.41, 5.74) is 1.71. The molecule has 1 unspecified atom stereocenters. The van der Waals surface area contributed by atoms with Crippen molar-refractivity contribution in [2.24, 2.45) is 5.92 Å². The van der Waals surface area contributed by atoms with Crippen LogP contribution < -0.4 is 20.7 Å². The minimum Gasteiger partial charge on any atom is -0.484 e. The molecule has 0 aliphatic rings. The van der Waals surface area contributed by atoms with E-state index in [0.29, 0.717) is 18.0 Å². The molecule has 0 bridgehead atoms. The molecule has 2 aromatic carbocycles. The molecule has 6 heteroatoms. The highest BCUT2D eigenvalue weighted by Crippen LogP contribution is 2.22. The van der Waals surface area contributed by atoms with Crippen molar-refractivity contribution in [2.75, 3.05) is 18.5 Å². The third kappa shape index (κ3) is 6.66. The fourth-order valence-electron chi connectivity index (χ4n) is 2.64. The van der Waals surface area contributed by atoms with Gasteiger partial charge in [-0.25, -0.2) is 4.79 Å². The van der Waals surface area contributed by atoms with Gasteiger partial charge in [0.1, 0.15) is 5.75 Å². The van der Waals surface area contributed by atoms with Gasteiger partial charge in [0.05, 0.1) is 6.04 Å². The first-order chi connectivity index (χ1) is 13.0. The van der Waals surface area contributed by atoms with Crippen LogP contribution in [0.2, 0.25) is 0 Å². The second kappa shape index (κ2) is 10.2. The van der Waals surface area contributed by atoms with Crippen molar-refractivity contribution in [2.45, 2.75) is 26.8 Å². The number of benzene rings is 2. The third-order valence-corrected chi connectivity index (χ3v) is 3.97. The van der Waals surface area contributed by atoms with Crippen LogP contribution >= 0.6 is 0 Å². The lowest BCUT2D eigenvalue weighted by Crippen LogP contribution is -2.35. The molecule has 3 amide bonds. The fraction of sp³-hybridized carbons (Fsp3) is 0.333. The lowest BCUT2D eigenvalue weighted by Gasteiger charge is -2.23. The third-order valence-electron chi connectivity index (χ3n) is 3.97. The molecule has 0 spiro atoms. The minimum atomic E-state index is -0.270. The number of carbonyl (C=O) groups is 2. The molecule has 0 saturated heterocycles. The van der Waals surface area contributed by atoms with E-state index < -0.39 is 0 Å². The van der Waals surface area contributed by atoms with Gasteiger partial charge in [0.25, 0.3) is 5.91 Å². The maximum atomic E-state index is 12.4. The van der Waals surface area contributed by atoms with Crippen molar-refractivity contribution >= 4 is 17.6 Å². The standard InChI is InChI=1S/C21H27N3O3/c1-4-22-19(25)14-27-18-12-10-17(11-13-18)23-21(26)24-20(15(2)3)16-8-6-5-7-9-16/h5-13,15,20H,4,14H2,1-3H3,(H,22,25)(H2,23,24,26). The molecular formula is C21H27N3O3. The van der Waals surface area contributed by atoms with Gasteiger partial charge in [-0.3, -0.25) is 4.79 Å². The SMILES string of the molecule is CCNC(=O)COc1ccc(NC(=O)NC(c2ccccc2)C(C)C)cc1. The van der Waals surface area contributed by atoms with E-state index in [0.717, 1.165) is 5.56 Å². The number of anilines is 1. The zero-order valence-electron chi connectivity index (χ0n) is 16.0. The second-order valence-corrected chi connectivity index (χ2v) is 6.50. The quantitative estimate of drug-likeness (QED) is 0.663. The largest absolute Gasteiger partial charge is 0.484 e. The van der Waals surface area contributed by atoms with Crippen LogP contribution in [0.4, 0.5) is 10.5 Å².